The highest BCUT2D eigenvalue weighted by atomic mass is 19.1. The van der Waals surface area contributed by atoms with Crippen LogP contribution in [-0.4, -0.2) is 12.4 Å². The van der Waals surface area contributed by atoms with Gasteiger partial charge in [-0.1, -0.05) is 6.07 Å². The van der Waals surface area contributed by atoms with Gasteiger partial charge in [0.05, 0.1) is 5.69 Å². The molecule has 19 heavy (non-hydrogen) atoms. The highest BCUT2D eigenvalue weighted by molar-refractivity contribution is 5.97. The standard InChI is InChI=1S/C15H14FNO2/c1-10-2-7-15(13(17)8-10)19-9-14(18)11-3-5-12(16)6-4-11/h2-8H,9,17H2,1H3. The number of hydrogen-bond acceptors (Lipinski definition) is 3. The van der Waals surface area contributed by atoms with Gasteiger partial charge >= 0.3 is 0 Å². The predicted molar refractivity (Wildman–Crippen MR) is 71.8 cm³/mol. The molecule has 98 valence electrons. The lowest BCUT2D eigenvalue weighted by Crippen LogP contribution is -2.12. The Hall–Kier alpha value is -2.36. The van der Waals surface area contributed by atoms with E-state index < -0.39 is 0 Å². The fraction of sp³-hybridized carbons (Fsp3) is 0.133. The van der Waals surface area contributed by atoms with Crippen molar-refractivity contribution in [1.29, 1.82) is 0 Å². The maximum atomic E-state index is 12.7. The number of ether oxygens (including phenoxy) is 1. The fourth-order valence-electron chi connectivity index (χ4n) is 1.66. The first kappa shape index (κ1) is 13.1. The number of carbonyl (C=O) groups excluding carboxylic acids is 1. The van der Waals surface area contributed by atoms with Gasteiger partial charge < -0.3 is 10.5 Å². The second kappa shape index (κ2) is 5.52. The van der Waals surface area contributed by atoms with Crippen molar-refractivity contribution in [2.75, 3.05) is 12.3 Å². The zero-order valence-electron chi connectivity index (χ0n) is 10.5. The van der Waals surface area contributed by atoms with Crippen LogP contribution in [0.4, 0.5) is 10.1 Å². The van der Waals surface area contributed by atoms with Crippen molar-refractivity contribution < 1.29 is 13.9 Å². The smallest absolute Gasteiger partial charge is 0.200 e. The third kappa shape index (κ3) is 3.31. The van der Waals surface area contributed by atoms with Gasteiger partial charge in [-0.05, 0) is 48.9 Å². The molecule has 0 unspecified atom stereocenters. The number of carbonyl (C=O) groups is 1. The predicted octanol–water partition coefficient (Wildman–Crippen LogP) is 2.98. The Bertz CT molecular complexity index is 594. The van der Waals surface area contributed by atoms with Crippen LogP contribution in [0.15, 0.2) is 42.5 Å². The number of ketones is 1. The molecule has 2 aromatic carbocycles. The second-order valence-corrected chi connectivity index (χ2v) is 4.26. The normalized spacial score (nSPS) is 10.2. The molecule has 0 amide bonds. The van der Waals surface area contributed by atoms with E-state index in [0.717, 1.165) is 5.56 Å². The number of hydrogen-bond donors (Lipinski definition) is 1. The second-order valence-electron chi connectivity index (χ2n) is 4.26. The Balaban J connectivity index is 2.02. The van der Waals surface area contributed by atoms with Gasteiger partial charge in [0.1, 0.15) is 11.6 Å². The van der Waals surface area contributed by atoms with Gasteiger partial charge in [0, 0.05) is 5.56 Å². The van der Waals surface area contributed by atoms with Crippen molar-refractivity contribution >= 4 is 11.5 Å². The minimum atomic E-state index is -0.375. The van der Waals surface area contributed by atoms with Crippen LogP contribution in [0.2, 0.25) is 0 Å². The van der Waals surface area contributed by atoms with Crippen LogP contribution < -0.4 is 10.5 Å². The van der Waals surface area contributed by atoms with E-state index >= 15 is 0 Å². The monoisotopic (exact) mass is 259 g/mol. The Morgan fingerprint density at radius 2 is 1.89 bits per heavy atom. The van der Waals surface area contributed by atoms with Crippen molar-refractivity contribution in [1.82, 2.24) is 0 Å². The third-order valence-electron chi connectivity index (χ3n) is 2.69. The third-order valence-corrected chi connectivity index (χ3v) is 2.69. The Morgan fingerprint density at radius 3 is 2.53 bits per heavy atom. The number of Topliss-reactive ketones (excluding diaryl/α,β-unsaturated/α-hetero) is 1. The summed E-state index contributed by atoms with van der Waals surface area (Å²) in [5.41, 5.74) is 7.70. The summed E-state index contributed by atoms with van der Waals surface area (Å²) in [6.07, 6.45) is 0. The van der Waals surface area contributed by atoms with E-state index in [4.69, 9.17) is 10.5 Å². The molecule has 0 bridgehead atoms. The minimum Gasteiger partial charge on any atom is -0.483 e. The average Bonchev–Trinajstić information content (AvgIpc) is 2.38. The largest absolute Gasteiger partial charge is 0.483 e. The molecular formula is C15H14FNO2. The van der Waals surface area contributed by atoms with E-state index in [1.165, 1.54) is 24.3 Å². The van der Waals surface area contributed by atoms with Crippen LogP contribution in [0.5, 0.6) is 5.75 Å². The summed E-state index contributed by atoms with van der Waals surface area (Å²) in [5.74, 6) is -0.124. The number of aryl methyl sites for hydroxylation is 1. The lowest BCUT2D eigenvalue weighted by molar-refractivity contribution is 0.0922. The number of anilines is 1. The maximum absolute atomic E-state index is 12.7. The molecule has 0 saturated carbocycles. The topological polar surface area (TPSA) is 52.3 Å². The van der Waals surface area contributed by atoms with Gasteiger partial charge in [0.2, 0.25) is 0 Å². The molecule has 3 nitrogen and oxygen atoms in total. The molecule has 0 atom stereocenters. The molecule has 2 aromatic rings. The van der Waals surface area contributed by atoms with Gasteiger partial charge in [-0.2, -0.15) is 0 Å². The lowest BCUT2D eigenvalue weighted by Gasteiger charge is -2.08. The van der Waals surface area contributed by atoms with Crippen LogP contribution in [0, 0.1) is 12.7 Å². The van der Waals surface area contributed by atoms with Crippen molar-refractivity contribution in [2.24, 2.45) is 0 Å². The molecule has 4 heteroatoms. The van der Waals surface area contributed by atoms with Crippen molar-refractivity contribution in [2.45, 2.75) is 6.92 Å². The molecule has 2 N–H and O–H groups in total. The highest BCUT2D eigenvalue weighted by Crippen LogP contribution is 2.22. The van der Waals surface area contributed by atoms with E-state index in [1.54, 1.807) is 12.1 Å². The molecule has 0 aromatic heterocycles. The van der Waals surface area contributed by atoms with E-state index in [1.807, 2.05) is 13.0 Å². The van der Waals surface area contributed by atoms with Gasteiger partial charge in [0.25, 0.3) is 0 Å². The summed E-state index contributed by atoms with van der Waals surface area (Å²) < 4.78 is 18.1. The van der Waals surface area contributed by atoms with Crippen LogP contribution in [-0.2, 0) is 0 Å². The fourth-order valence-corrected chi connectivity index (χ4v) is 1.66. The Labute approximate surface area is 110 Å². The summed E-state index contributed by atoms with van der Waals surface area (Å²) in [6.45, 7) is 1.79. The van der Waals surface area contributed by atoms with E-state index in [2.05, 4.69) is 0 Å². The molecule has 0 heterocycles. The number of rotatable bonds is 4. The summed E-state index contributed by atoms with van der Waals surface area (Å²) in [7, 11) is 0. The first-order valence-corrected chi connectivity index (χ1v) is 5.84. The zero-order chi connectivity index (χ0) is 13.8. The molecule has 0 aliphatic heterocycles. The van der Waals surface area contributed by atoms with Gasteiger partial charge in [0.15, 0.2) is 12.4 Å². The molecule has 0 fully saturated rings. The lowest BCUT2D eigenvalue weighted by atomic mass is 10.1. The Kier molecular flexibility index (Phi) is 3.80. The van der Waals surface area contributed by atoms with Crippen LogP contribution in [0.1, 0.15) is 15.9 Å². The average molecular weight is 259 g/mol. The first-order chi connectivity index (χ1) is 9.06. The summed E-state index contributed by atoms with van der Waals surface area (Å²) in [6, 6.07) is 10.7. The molecular weight excluding hydrogens is 245 g/mol. The molecule has 2 rings (SSSR count). The number of nitrogen functional groups attached to an aromatic ring is 1. The van der Waals surface area contributed by atoms with Crippen LogP contribution >= 0.6 is 0 Å². The van der Waals surface area contributed by atoms with Gasteiger partial charge in [-0.15, -0.1) is 0 Å². The number of nitrogens with two attached hydrogens (primary N) is 1. The van der Waals surface area contributed by atoms with Crippen LogP contribution in [0.25, 0.3) is 0 Å². The van der Waals surface area contributed by atoms with E-state index in [0.29, 0.717) is 17.0 Å². The van der Waals surface area contributed by atoms with Crippen molar-refractivity contribution in [3.63, 3.8) is 0 Å². The van der Waals surface area contributed by atoms with Crippen molar-refractivity contribution in [3.05, 3.63) is 59.4 Å². The molecule has 0 radical (unpaired) electrons. The quantitative estimate of drug-likeness (QED) is 0.678. The van der Waals surface area contributed by atoms with E-state index in [-0.39, 0.29) is 18.2 Å². The minimum absolute atomic E-state index is 0.126. The number of halogens is 1. The maximum Gasteiger partial charge on any atom is 0.200 e. The zero-order valence-corrected chi connectivity index (χ0v) is 10.5. The van der Waals surface area contributed by atoms with Crippen LogP contribution in [0.3, 0.4) is 0 Å². The van der Waals surface area contributed by atoms with E-state index in [9.17, 15) is 9.18 Å². The molecule has 0 saturated heterocycles. The van der Waals surface area contributed by atoms with Gasteiger partial charge in [-0.25, -0.2) is 4.39 Å². The Morgan fingerprint density at radius 1 is 1.21 bits per heavy atom. The SMILES string of the molecule is Cc1ccc(OCC(=O)c2ccc(F)cc2)c(N)c1. The molecule has 0 spiro atoms. The number of benzene rings is 2. The summed E-state index contributed by atoms with van der Waals surface area (Å²) >= 11 is 0. The summed E-state index contributed by atoms with van der Waals surface area (Å²) in [5, 5.41) is 0. The molecule has 0 aliphatic rings. The van der Waals surface area contributed by atoms with Gasteiger partial charge in [-0.3, -0.25) is 4.79 Å². The summed E-state index contributed by atoms with van der Waals surface area (Å²) in [4.78, 5) is 11.8. The highest BCUT2D eigenvalue weighted by Gasteiger charge is 2.08. The van der Waals surface area contributed by atoms with Crippen molar-refractivity contribution in [3.8, 4) is 5.75 Å². The molecule has 0 aliphatic carbocycles. The first-order valence-electron chi connectivity index (χ1n) is 5.84.